The lowest BCUT2D eigenvalue weighted by Gasteiger charge is -2.20. The van der Waals surface area contributed by atoms with Crippen molar-refractivity contribution in [2.24, 2.45) is 11.8 Å². The molecule has 1 fully saturated rings. The van der Waals surface area contributed by atoms with Gasteiger partial charge in [0.15, 0.2) is 11.6 Å². The minimum Gasteiger partial charge on any atom is -0.303 e. The normalized spacial score (nSPS) is 17.3. The number of hydrogen-bond donors (Lipinski definition) is 0. The molecule has 0 aromatic carbocycles. The van der Waals surface area contributed by atoms with Crippen molar-refractivity contribution < 1.29 is 19.2 Å². The van der Waals surface area contributed by atoms with Gasteiger partial charge in [-0.05, 0) is 11.8 Å². The van der Waals surface area contributed by atoms with E-state index < -0.39 is 11.6 Å². The van der Waals surface area contributed by atoms with Gasteiger partial charge in [0, 0.05) is 25.7 Å². The Kier molecular flexibility index (Phi) is 6.47. The summed E-state index contributed by atoms with van der Waals surface area (Å²) in [5.74, 6) is -0.484. The summed E-state index contributed by atoms with van der Waals surface area (Å²) in [4.78, 5) is 44.0. The van der Waals surface area contributed by atoms with Crippen molar-refractivity contribution in [2.45, 2.75) is 51.4 Å². The SMILES string of the molecule is O=CCCC(=O)C(=O)CC(CC=O)C1CCCC1. The lowest BCUT2D eigenvalue weighted by Crippen LogP contribution is -2.22. The highest BCUT2D eigenvalue weighted by Gasteiger charge is 2.28. The largest absolute Gasteiger partial charge is 0.303 e. The lowest BCUT2D eigenvalue weighted by atomic mass is 9.84. The average Bonchev–Trinajstić information content (AvgIpc) is 2.89. The van der Waals surface area contributed by atoms with E-state index >= 15 is 0 Å². The monoisotopic (exact) mass is 252 g/mol. The number of Topliss-reactive ketones (excluding diaryl/α,β-unsaturated/α-hetero) is 2. The molecule has 1 aliphatic rings. The van der Waals surface area contributed by atoms with Gasteiger partial charge in [-0.15, -0.1) is 0 Å². The molecule has 0 radical (unpaired) electrons. The third kappa shape index (κ3) is 4.51. The van der Waals surface area contributed by atoms with Gasteiger partial charge in [0.25, 0.3) is 0 Å². The van der Waals surface area contributed by atoms with Crippen LogP contribution in [-0.4, -0.2) is 24.1 Å². The van der Waals surface area contributed by atoms with Gasteiger partial charge >= 0.3 is 0 Å². The first-order chi connectivity index (χ1) is 8.69. The fraction of sp³-hybridized carbons (Fsp3) is 0.714. The summed E-state index contributed by atoms with van der Waals surface area (Å²) in [5, 5.41) is 0. The zero-order valence-electron chi connectivity index (χ0n) is 10.6. The first-order valence-electron chi connectivity index (χ1n) is 6.62. The second-order valence-electron chi connectivity index (χ2n) is 4.96. The molecule has 0 aromatic rings. The van der Waals surface area contributed by atoms with Crippen molar-refractivity contribution in [3.63, 3.8) is 0 Å². The third-order valence-corrected chi connectivity index (χ3v) is 3.71. The van der Waals surface area contributed by atoms with E-state index in [1.807, 2.05) is 0 Å². The highest BCUT2D eigenvalue weighted by Crippen LogP contribution is 2.34. The molecule has 0 aliphatic heterocycles. The van der Waals surface area contributed by atoms with E-state index in [-0.39, 0.29) is 25.2 Å². The van der Waals surface area contributed by atoms with Crippen LogP contribution in [0.3, 0.4) is 0 Å². The van der Waals surface area contributed by atoms with E-state index in [1.54, 1.807) is 0 Å². The van der Waals surface area contributed by atoms with Gasteiger partial charge in [0.05, 0.1) is 0 Å². The van der Waals surface area contributed by atoms with Crippen molar-refractivity contribution in [1.82, 2.24) is 0 Å². The Morgan fingerprint density at radius 3 is 2.28 bits per heavy atom. The zero-order valence-corrected chi connectivity index (χ0v) is 10.6. The molecular formula is C14H20O4. The lowest BCUT2D eigenvalue weighted by molar-refractivity contribution is -0.137. The summed E-state index contributed by atoms with van der Waals surface area (Å²) in [6.45, 7) is 0. The average molecular weight is 252 g/mol. The van der Waals surface area contributed by atoms with Gasteiger partial charge < -0.3 is 9.59 Å². The molecule has 1 saturated carbocycles. The van der Waals surface area contributed by atoms with Crippen LogP contribution in [-0.2, 0) is 19.2 Å². The number of rotatable bonds is 9. The van der Waals surface area contributed by atoms with Crippen LogP contribution in [0.25, 0.3) is 0 Å². The smallest absolute Gasteiger partial charge is 0.198 e. The van der Waals surface area contributed by atoms with Gasteiger partial charge in [-0.1, -0.05) is 25.7 Å². The fourth-order valence-corrected chi connectivity index (χ4v) is 2.68. The maximum Gasteiger partial charge on any atom is 0.198 e. The fourth-order valence-electron chi connectivity index (χ4n) is 2.68. The molecule has 0 aromatic heterocycles. The molecule has 4 nitrogen and oxygen atoms in total. The number of carbonyl (C=O) groups is 4. The highest BCUT2D eigenvalue weighted by molar-refractivity contribution is 6.37. The summed E-state index contributed by atoms with van der Waals surface area (Å²) in [5.41, 5.74) is 0. The van der Waals surface area contributed by atoms with Crippen LogP contribution < -0.4 is 0 Å². The van der Waals surface area contributed by atoms with Crippen LogP contribution in [0.4, 0.5) is 0 Å². The Labute approximate surface area is 107 Å². The number of ketones is 2. The Bertz CT molecular complexity index is 316. The molecule has 0 amide bonds. The van der Waals surface area contributed by atoms with E-state index in [0.717, 1.165) is 32.0 Å². The van der Waals surface area contributed by atoms with Crippen LogP contribution in [0, 0.1) is 11.8 Å². The minimum absolute atomic E-state index is 0.000803. The maximum atomic E-state index is 11.7. The molecule has 1 rings (SSSR count). The summed E-state index contributed by atoms with van der Waals surface area (Å²) in [6.07, 6.45) is 6.51. The molecule has 0 bridgehead atoms. The Hall–Kier alpha value is -1.32. The summed E-state index contributed by atoms with van der Waals surface area (Å²) >= 11 is 0. The molecular weight excluding hydrogens is 232 g/mol. The molecule has 4 heteroatoms. The van der Waals surface area contributed by atoms with E-state index in [4.69, 9.17) is 0 Å². The maximum absolute atomic E-state index is 11.7. The first kappa shape index (κ1) is 14.7. The van der Waals surface area contributed by atoms with E-state index in [0.29, 0.717) is 18.6 Å². The predicted octanol–water partition coefficient (Wildman–Crippen LogP) is 1.89. The first-order valence-corrected chi connectivity index (χ1v) is 6.62. The molecule has 100 valence electrons. The number of hydrogen-bond acceptors (Lipinski definition) is 4. The van der Waals surface area contributed by atoms with Gasteiger partial charge in [-0.2, -0.15) is 0 Å². The van der Waals surface area contributed by atoms with Crippen LogP contribution in [0.5, 0.6) is 0 Å². The van der Waals surface area contributed by atoms with Crippen molar-refractivity contribution in [3.05, 3.63) is 0 Å². The minimum atomic E-state index is -0.476. The van der Waals surface area contributed by atoms with Crippen LogP contribution in [0.2, 0.25) is 0 Å². The molecule has 1 aliphatic carbocycles. The Morgan fingerprint density at radius 2 is 1.72 bits per heavy atom. The van der Waals surface area contributed by atoms with Gasteiger partial charge in [-0.3, -0.25) is 9.59 Å². The van der Waals surface area contributed by atoms with Gasteiger partial charge in [0.2, 0.25) is 0 Å². The molecule has 0 N–H and O–H groups in total. The van der Waals surface area contributed by atoms with Crippen molar-refractivity contribution in [3.8, 4) is 0 Å². The van der Waals surface area contributed by atoms with E-state index in [2.05, 4.69) is 0 Å². The molecule has 18 heavy (non-hydrogen) atoms. The van der Waals surface area contributed by atoms with Crippen molar-refractivity contribution in [2.75, 3.05) is 0 Å². The topological polar surface area (TPSA) is 68.3 Å². The molecule has 1 unspecified atom stereocenters. The second kappa shape index (κ2) is 7.90. The van der Waals surface area contributed by atoms with Crippen molar-refractivity contribution in [1.29, 1.82) is 0 Å². The second-order valence-corrected chi connectivity index (χ2v) is 4.96. The number of carbonyl (C=O) groups excluding carboxylic acids is 4. The molecule has 0 spiro atoms. The molecule has 0 heterocycles. The van der Waals surface area contributed by atoms with Gasteiger partial charge in [-0.25, -0.2) is 0 Å². The Morgan fingerprint density at radius 1 is 1.06 bits per heavy atom. The zero-order chi connectivity index (χ0) is 13.4. The standard InChI is InChI=1S/C14H20O4/c15-8-3-6-13(17)14(18)10-12(7-9-16)11-4-1-2-5-11/h8-9,11-12H,1-7,10H2. The highest BCUT2D eigenvalue weighted by atomic mass is 16.2. The quantitative estimate of drug-likeness (QED) is 0.464. The Balaban J connectivity index is 2.48. The van der Waals surface area contributed by atoms with Crippen LogP contribution in [0.15, 0.2) is 0 Å². The summed E-state index contributed by atoms with van der Waals surface area (Å²) < 4.78 is 0. The third-order valence-electron chi connectivity index (χ3n) is 3.71. The van der Waals surface area contributed by atoms with E-state index in [1.165, 1.54) is 0 Å². The van der Waals surface area contributed by atoms with Crippen LogP contribution in [0.1, 0.15) is 51.4 Å². The number of aldehydes is 2. The van der Waals surface area contributed by atoms with E-state index in [9.17, 15) is 19.2 Å². The van der Waals surface area contributed by atoms with Crippen molar-refractivity contribution >= 4 is 24.1 Å². The summed E-state index contributed by atoms with van der Waals surface area (Å²) in [7, 11) is 0. The predicted molar refractivity (Wildman–Crippen MR) is 66.1 cm³/mol. The summed E-state index contributed by atoms with van der Waals surface area (Å²) in [6, 6.07) is 0. The molecule has 1 atom stereocenters. The van der Waals surface area contributed by atoms with Gasteiger partial charge in [0.1, 0.15) is 12.6 Å². The molecule has 0 saturated heterocycles. The van der Waals surface area contributed by atoms with Crippen LogP contribution >= 0.6 is 0 Å².